The van der Waals surface area contributed by atoms with Gasteiger partial charge in [0.05, 0.1) is 12.1 Å². The van der Waals surface area contributed by atoms with E-state index in [1.54, 1.807) is 24.3 Å². The van der Waals surface area contributed by atoms with Crippen molar-refractivity contribution in [1.82, 2.24) is 0 Å². The minimum atomic E-state index is -0.255. The molecule has 0 bridgehead atoms. The molecule has 0 fully saturated rings. The Labute approximate surface area is 145 Å². The molecule has 3 aromatic carbocycles. The molecule has 0 heterocycles. The number of amides is 1. The van der Waals surface area contributed by atoms with Gasteiger partial charge in [0.1, 0.15) is 5.75 Å². The van der Waals surface area contributed by atoms with Gasteiger partial charge < -0.3 is 20.3 Å². The first-order valence-corrected chi connectivity index (χ1v) is 7.74. The van der Waals surface area contributed by atoms with Crippen LogP contribution in [0.4, 0.5) is 5.69 Å². The summed E-state index contributed by atoms with van der Waals surface area (Å²) < 4.78 is 5.81. The molecule has 1 amide bonds. The fourth-order valence-corrected chi connectivity index (χ4v) is 2.33. The number of hydrogen-bond acceptors (Lipinski definition) is 4. The summed E-state index contributed by atoms with van der Waals surface area (Å²) in [6, 6.07) is 20.8. The Kier molecular flexibility index (Phi) is 4.85. The van der Waals surface area contributed by atoms with Gasteiger partial charge in [-0.1, -0.05) is 36.4 Å². The van der Waals surface area contributed by atoms with Crippen molar-refractivity contribution in [3.05, 3.63) is 78.4 Å². The monoisotopic (exact) mass is 335 g/mol. The van der Waals surface area contributed by atoms with E-state index >= 15 is 0 Å². The van der Waals surface area contributed by atoms with Crippen LogP contribution in [0.15, 0.2) is 72.8 Å². The molecule has 0 spiro atoms. The number of aromatic hydroxyl groups is 2. The van der Waals surface area contributed by atoms with Crippen LogP contribution in [-0.4, -0.2) is 16.1 Å². The maximum Gasteiger partial charge on any atom is 0.228 e. The number of phenols is 2. The summed E-state index contributed by atoms with van der Waals surface area (Å²) in [5, 5.41) is 21.6. The Balaban J connectivity index is 1.72. The lowest BCUT2D eigenvalue weighted by atomic mass is 10.1. The highest BCUT2D eigenvalue weighted by molar-refractivity contribution is 5.93. The number of ether oxygens (including phenoxy) is 1. The van der Waals surface area contributed by atoms with E-state index in [9.17, 15) is 15.0 Å². The Bertz CT molecular complexity index is 878. The van der Waals surface area contributed by atoms with E-state index in [4.69, 9.17) is 4.74 Å². The van der Waals surface area contributed by atoms with Crippen LogP contribution in [0.5, 0.6) is 23.0 Å². The lowest BCUT2D eigenvalue weighted by Gasteiger charge is -2.12. The quantitative estimate of drug-likeness (QED) is 0.614. The molecule has 0 saturated carbocycles. The number of phenolic OH excluding ortho intramolecular Hbond substituents is 2. The molecule has 0 saturated heterocycles. The summed E-state index contributed by atoms with van der Waals surface area (Å²) in [6.45, 7) is 0. The standard InChI is InChI=1S/C20H17NO4/c22-17-11-10-14(12-18(17)23)13-20(24)21-16-8-4-5-9-19(16)25-15-6-2-1-3-7-15/h1-12,22-23H,13H2,(H,21,24). The van der Waals surface area contributed by atoms with Crippen LogP contribution in [0.3, 0.4) is 0 Å². The number of hydrogen-bond donors (Lipinski definition) is 3. The maximum absolute atomic E-state index is 12.3. The van der Waals surface area contributed by atoms with E-state index in [0.717, 1.165) is 0 Å². The number of carbonyl (C=O) groups is 1. The number of nitrogens with one attached hydrogen (secondary N) is 1. The molecule has 0 radical (unpaired) electrons. The van der Waals surface area contributed by atoms with Crippen molar-refractivity contribution in [3.8, 4) is 23.0 Å². The first-order chi connectivity index (χ1) is 12.1. The molecule has 0 aliphatic rings. The molecule has 0 aromatic heterocycles. The molecule has 3 rings (SSSR count). The van der Waals surface area contributed by atoms with E-state index in [-0.39, 0.29) is 23.8 Å². The number of anilines is 1. The van der Waals surface area contributed by atoms with Gasteiger partial charge in [0.15, 0.2) is 17.2 Å². The number of para-hydroxylation sites is 3. The fourth-order valence-electron chi connectivity index (χ4n) is 2.33. The molecule has 25 heavy (non-hydrogen) atoms. The lowest BCUT2D eigenvalue weighted by molar-refractivity contribution is -0.115. The largest absolute Gasteiger partial charge is 0.504 e. The van der Waals surface area contributed by atoms with Crippen LogP contribution in [0.1, 0.15) is 5.56 Å². The van der Waals surface area contributed by atoms with Gasteiger partial charge >= 0.3 is 0 Å². The first kappa shape index (κ1) is 16.4. The normalized spacial score (nSPS) is 10.2. The first-order valence-electron chi connectivity index (χ1n) is 7.74. The smallest absolute Gasteiger partial charge is 0.228 e. The molecule has 126 valence electrons. The predicted molar refractivity (Wildman–Crippen MR) is 95.1 cm³/mol. The Morgan fingerprint density at radius 3 is 2.36 bits per heavy atom. The average Bonchev–Trinajstić information content (AvgIpc) is 2.61. The highest BCUT2D eigenvalue weighted by Gasteiger charge is 2.10. The lowest BCUT2D eigenvalue weighted by Crippen LogP contribution is -2.14. The molecule has 3 aromatic rings. The van der Waals surface area contributed by atoms with Gasteiger partial charge in [-0.25, -0.2) is 0 Å². The molecule has 5 nitrogen and oxygen atoms in total. The Morgan fingerprint density at radius 2 is 1.60 bits per heavy atom. The van der Waals surface area contributed by atoms with Crippen molar-refractivity contribution >= 4 is 11.6 Å². The van der Waals surface area contributed by atoms with Crippen LogP contribution in [-0.2, 0) is 11.2 Å². The predicted octanol–water partition coefficient (Wildman–Crippen LogP) is 4.07. The summed E-state index contributed by atoms with van der Waals surface area (Å²) in [4.78, 5) is 12.3. The Morgan fingerprint density at radius 1 is 0.880 bits per heavy atom. The molecule has 0 atom stereocenters. The van der Waals surface area contributed by atoms with Crippen molar-refractivity contribution in [3.63, 3.8) is 0 Å². The topological polar surface area (TPSA) is 78.8 Å². The van der Waals surface area contributed by atoms with Gasteiger partial charge in [0.25, 0.3) is 0 Å². The number of carbonyl (C=O) groups excluding carboxylic acids is 1. The highest BCUT2D eigenvalue weighted by Crippen LogP contribution is 2.29. The van der Waals surface area contributed by atoms with Crippen molar-refractivity contribution < 1.29 is 19.7 Å². The van der Waals surface area contributed by atoms with E-state index in [1.807, 2.05) is 36.4 Å². The van der Waals surface area contributed by atoms with Crippen LogP contribution >= 0.6 is 0 Å². The molecule has 5 heteroatoms. The van der Waals surface area contributed by atoms with Gasteiger partial charge in [-0.3, -0.25) is 4.79 Å². The van der Waals surface area contributed by atoms with Crippen LogP contribution in [0, 0.1) is 0 Å². The third-order valence-corrected chi connectivity index (χ3v) is 3.54. The van der Waals surface area contributed by atoms with Crippen LogP contribution in [0.2, 0.25) is 0 Å². The van der Waals surface area contributed by atoms with Gasteiger partial charge in [0.2, 0.25) is 5.91 Å². The van der Waals surface area contributed by atoms with Crippen molar-refractivity contribution in [2.45, 2.75) is 6.42 Å². The van der Waals surface area contributed by atoms with Crippen molar-refractivity contribution in [2.75, 3.05) is 5.32 Å². The zero-order chi connectivity index (χ0) is 17.6. The SMILES string of the molecule is O=C(Cc1ccc(O)c(O)c1)Nc1ccccc1Oc1ccccc1. The van der Waals surface area contributed by atoms with E-state index in [1.165, 1.54) is 12.1 Å². The summed E-state index contributed by atoms with van der Waals surface area (Å²) in [5.74, 6) is 0.487. The van der Waals surface area contributed by atoms with Crippen molar-refractivity contribution in [1.29, 1.82) is 0 Å². The van der Waals surface area contributed by atoms with Gasteiger partial charge in [-0.15, -0.1) is 0 Å². The second-order valence-corrected chi connectivity index (χ2v) is 5.46. The van der Waals surface area contributed by atoms with Crippen LogP contribution < -0.4 is 10.1 Å². The third kappa shape index (κ3) is 4.29. The molecular formula is C20H17NO4. The number of rotatable bonds is 5. The second kappa shape index (κ2) is 7.40. The van der Waals surface area contributed by atoms with Crippen molar-refractivity contribution in [2.24, 2.45) is 0 Å². The molecule has 3 N–H and O–H groups in total. The fraction of sp³-hybridized carbons (Fsp3) is 0.0500. The number of benzene rings is 3. The molecule has 0 unspecified atom stereocenters. The van der Waals surface area contributed by atoms with Gasteiger partial charge in [-0.2, -0.15) is 0 Å². The zero-order valence-corrected chi connectivity index (χ0v) is 13.3. The van der Waals surface area contributed by atoms with E-state index in [0.29, 0.717) is 22.7 Å². The molecule has 0 aliphatic heterocycles. The second-order valence-electron chi connectivity index (χ2n) is 5.46. The summed E-state index contributed by atoms with van der Waals surface area (Å²) in [7, 11) is 0. The van der Waals surface area contributed by atoms with Gasteiger partial charge in [-0.05, 0) is 42.0 Å². The van der Waals surface area contributed by atoms with E-state index < -0.39 is 0 Å². The third-order valence-electron chi connectivity index (χ3n) is 3.54. The summed E-state index contributed by atoms with van der Waals surface area (Å²) in [5.41, 5.74) is 1.15. The van der Waals surface area contributed by atoms with E-state index in [2.05, 4.69) is 5.32 Å². The molecular weight excluding hydrogens is 318 g/mol. The highest BCUT2D eigenvalue weighted by atomic mass is 16.5. The van der Waals surface area contributed by atoms with Crippen LogP contribution in [0.25, 0.3) is 0 Å². The Hall–Kier alpha value is -3.47. The zero-order valence-electron chi connectivity index (χ0n) is 13.3. The summed E-state index contributed by atoms with van der Waals surface area (Å²) in [6.07, 6.45) is 0.0630. The minimum absolute atomic E-state index is 0.0630. The maximum atomic E-state index is 12.3. The summed E-state index contributed by atoms with van der Waals surface area (Å²) >= 11 is 0. The minimum Gasteiger partial charge on any atom is -0.504 e. The van der Waals surface area contributed by atoms with Gasteiger partial charge in [0, 0.05) is 0 Å². The molecule has 0 aliphatic carbocycles. The average molecular weight is 335 g/mol.